The molecule has 0 spiro atoms. The normalized spacial score (nSPS) is 14.8. The Labute approximate surface area is 203 Å². The van der Waals surface area contributed by atoms with E-state index in [9.17, 15) is 0 Å². The molecule has 0 bridgehead atoms. The van der Waals surface area contributed by atoms with Crippen molar-refractivity contribution in [1.29, 1.82) is 0 Å². The molecule has 4 aromatic rings. The lowest BCUT2D eigenvalue weighted by Crippen LogP contribution is -2.42. The van der Waals surface area contributed by atoms with Crippen LogP contribution >= 0.6 is 0 Å². The molecule has 180 valence electrons. The largest absolute Gasteiger partial charge is 0.474 e. The first-order valence-electron chi connectivity index (χ1n) is 11.7. The monoisotopic (exact) mass is 472 g/mol. The zero-order valence-electron chi connectivity index (χ0n) is 20.0. The average molecular weight is 473 g/mol. The summed E-state index contributed by atoms with van der Waals surface area (Å²) in [7, 11) is 2.14. The van der Waals surface area contributed by atoms with Crippen LogP contribution in [-0.4, -0.2) is 62.0 Å². The van der Waals surface area contributed by atoms with E-state index in [0.29, 0.717) is 35.1 Å². The lowest BCUT2D eigenvalue weighted by atomic mass is 10.1. The fraction of sp³-hybridized carbons (Fsp3) is 0.320. The number of aromatic nitrogens is 5. The Morgan fingerprint density at radius 3 is 2.89 bits per heavy atom. The van der Waals surface area contributed by atoms with Crippen LogP contribution in [0.15, 0.2) is 43.0 Å². The molecule has 0 atom stereocenters. The van der Waals surface area contributed by atoms with Crippen molar-refractivity contribution in [2.75, 3.05) is 31.2 Å². The van der Waals surface area contributed by atoms with Crippen molar-refractivity contribution in [3.63, 3.8) is 0 Å². The summed E-state index contributed by atoms with van der Waals surface area (Å²) in [6, 6.07) is 8.31. The van der Waals surface area contributed by atoms with E-state index in [0.717, 1.165) is 48.0 Å². The zero-order valence-corrected chi connectivity index (χ0v) is 20.0. The number of fused-ring (bicyclic) bond motifs is 1. The van der Waals surface area contributed by atoms with Gasteiger partial charge in [-0.1, -0.05) is 18.2 Å². The summed E-state index contributed by atoms with van der Waals surface area (Å²) in [6.45, 7) is 4.55. The fourth-order valence-electron chi connectivity index (χ4n) is 4.45. The molecule has 0 unspecified atom stereocenters. The summed E-state index contributed by atoms with van der Waals surface area (Å²) in [5.41, 5.74) is 9.82. The fourth-order valence-corrected chi connectivity index (χ4v) is 4.45. The molecule has 35 heavy (non-hydrogen) atoms. The van der Waals surface area contributed by atoms with Gasteiger partial charge in [0.05, 0.1) is 24.0 Å². The minimum atomic E-state index is 0.155. The van der Waals surface area contributed by atoms with Crippen LogP contribution in [0.3, 0.4) is 0 Å². The smallest absolute Gasteiger partial charge is 0.222 e. The number of rotatable bonds is 7. The molecular formula is C25H30N9O+. The van der Waals surface area contributed by atoms with E-state index in [4.69, 9.17) is 20.9 Å². The third kappa shape index (κ3) is 4.78. The quantitative estimate of drug-likeness (QED) is 0.295. The minimum absolute atomic E-state index is 0.155. The third-order valence-corrected chi connectivity index (χ3v) is 6.42. The van der Waals surface area contributed by atoms with E-state index in [2.05, 4.69) is 68.6 Å². The van der Waals surface area contributed by atoms with Gasteiger partial charge in [-0.25, -0.2) is 15.0 Å². The van der Waals surface area contributed by atoms with Gasteiger partial charge in [0.15, 0.2) is 0 Å². The molecule has 10 nitrogen and oxygen atoms in total. The topological polar surface area (TPSA) is 143 Å². The molecule has 1 aliphatic heterocycles. The number of benzene rings is 1. The number of anilines is 2. The second-order valence-electron chi connectivity index (χ2n) is 8.95. The van der Waals surface area contributed by atoms with Gasteiger partial charge < -0.3 is 20.7 Å². The number of hydrogen-bond donors (Lipinski definition) is 4. The number of likely N-dealkylation sites (tertiary alicyclic amines) is 1. The maximum atomic E-state index is 6.47. The molecule has 0 radical (unpaired) electrons. The molecule has 1 aromatic carbocycles. The van der Waals surface area contributed by atoms with Gasteiger partial charge in [-0.3, -0.25) is 10.5 Å². The Balaban J connectivity index is 1.44. The van der Waals surface area contributed by atoms with E-state index in [1.807, 2.05) is 0 Å². The molecule has 10 heteroatoms. The lowest BCUT2D eigenvalue weighted by molar-refractivity contribution is -0.111. The Bertz CT molecular complexity index is 1340. The van der Waals surface area contributed by atoms with Crippen molar-refractivity contribution >= 4 is 28.1 Å². The summed E-state index contributed by atoms with van der Waals surface area (Å²) >= 11 is 0. The van der Waals surface area contributed by atoms with Crippen LogP contribution < -0.4 is 21.2 Å². The Hall–Kier alpha value is -4.05. The van der Waals surface area contributed by atoms with Crippen molar-refractivity contribution in [2.45, 2.75) is 32.4 Å². The number of ether oxygens (including phenoxy) is 1. The maximum absolute atomic E-state index is 6.47. The Kier molecular flexibility index (Phi) is 6.28. The second-order valence-corrected chi connectivity index (χ2v) is 8.95. The van der Waals surface area contributed by atoms with Crippen molar-refractivity contribution in [3.8, 4) is 5.88 Å². The average Bonchev–Trinajstić information content (AvgIpc) is 3.39. The van der Waals surface area contributed by atoms with Gasteiger partial charge in [-0.05, 0) is 43.8 Å². The van der Waals surface area contributed by atoms with Crippen LogP contribution in [0.25, 0.3) is 10.8 Å². The first-order valence-corrected chi connectivity index (χ1v) is 11.7. The molecule has 0 amide bonds. The number of aryl methyl sites for hydroxylation is 1. The third-order valence-electron chi connectivity index (χ3n) is 6.42. The van der Waals surface area contributed by atoms with Gasteiger partial charge in [0, 0.05) is 24.7 Å². The van der Waals surface area contributed by atoms with Crippen LogP contribution in [0, 0.1) is 6.92 Å². The number of nitrogens with two attached hydrogens (primary N) is 2. The number of aromatic amines is 1. The van der Waals surface area contributed by atoms with E-state index in [-0.39, 0.29) is 11.9 Å². The number of hydrogen-bond acceptors (Lipinski definition) is 8. The first-order chi connectivity index (χ1) is 17.0. The summed E-state index contributed by atoms with van der Waals surface area (Å²) in [6.07, 6.45) is 6.87. The molecule has 0 saturated carbocycles. The van der Waals surface area contributed by atoms with Gasteiger partial charge in [-0.15, -0.1) is 0 Å². The Morgan fingerprint density at radius 1 is 1.29 bits per heavy atom. The molecule has 4 heterocycles. The minimum Gasteiger partial charge on any atom is -0.474 e. The van der Waals surface area contributed by atoms with Crippen molar-refractivity contribution < 1.29 is 10.1 Å². The van der Waals surface area contributed by atoms with Crippen LogP contribution in [0.4, 0.5) is 11.6 Å². The molecule has 5 rings (SSSR count). The van der Waals surface area contributed by atoms with Gasteiger partial charge in [-0.2, -0.15) is 5.10 Å². The highest BCUT2D eigenvalue weighted by atomic mass is 16.5. The number of nitrogens with zero attached hydrogens (tertiary/aromatic N) is 5. The molecular weight excluding hydrogens is 442 g/mol. The predicted octanol–water partition coefficient (Wildman–Crippen LogP) is 1.32. The van der Waals surface area contributed by atoms with Crippen molar-refractivity contribution in [1.82, 2.24) is 30.0 Å². The summed E-state index contributed by atoms with van der Waals surface area (Å²) in [5.74, 6) is 1.49. The van der Waals surface area contributed by atoms with Crippen molar-refractivity contribution in [2.24, 2.45) is 0 Å². The number of nitrogens with one attached hydrogen (secondary N) is 2. The van der Waals surface area contributed by atoms with Crippen LogP contribution in [-0.2, 0) is 6.54 Å². The summed E-state index contributed by atoms with van der Waals surface area (Å²) in [5, 5.41) is 18.6. The van der Waals surface area contributed by atoms with Crippen LogP contribution in [0.2, 0.25) is 0 Å². The Morgan fingerprint density at radius 2 is 2.11 bits per heavy atom. The number of nitrogen functional groups attached to an aromatic ring is 1. The van der Waals surface area contributed by atoms with Crippen molar-refractivity contribution in [3.05, 3.63) is 65.4 Å². The highest BCUT2D eigenvalue weighted by Gasteiger charge is 2.23. The zero-order chi connectivity index (χ0) is 24.4. The van der Waals surface area contributed by atoms with E-state index >= 15 is 0 Å². The van der Waals surface area contributed by atoms with E-state index in [1.165, 1.54) is 6.33 Å². The summed E-state index contributed by atoms with van der Waals surface area (Å²) < 4.78 is 6.47. The predicted molar refractivity (Wildman–Crippen MR) is 135 cm³/mol. The molecule has 0 aliphatic carbocycles. The maximum Gasteiger partial charge on any atom is 0.222 e. The number of piperidine rings is 1. The molecule has 1 saturated heterocycles. The van der Waals surface area contributed by atoms with Gasteiger partial charge in [0.25, 0.3) is 0 Å². The molecule has 6 N–H and O–H groups in total. The molecule has 3 aromatic heterocycles. The number of H-pyrrole nitrogens is 1. The number of pyridine rings is 1. The SMILES string of the molecule is Cc1cccc2cc(CNc3ncnc(N)c3C(=[NH2+])c3cn[nH]c3)nc(OC3CCN(C)CC3)c12. The molecule has 1 fully saturated rings. The standard InChI is InChI=1S/C25H29N9O/c1-15-4-3-5-16-10-18(33-25(20(15)16)35-19-6-8-34(2)9-7-19)13-28-24-21(23(27)29-14-30-24)22(26)17-11-31-32-12-17/h3-5,10-12,14,19,26H,6-9,13H2,1-2H3,(H,31,32)(H3,27,28,29,30)/p+1. The van der Waals surface area contributed by atoms with Gasteiger partial charge in [0.2, 0.25) is 11.6 Å². The lowest BCUT2D eigenvalue weighted by Gasteiger charge is -2.29. The van der Waals surface area contributed by atoms with E-state index in [1.54, 1.807) is 12.4 Å². The van der Waals surface area contributed by atoms with Gasteiger partial charge in [0.1, 0.15) is 29.6 Å². The molecule has 1 aliphatic rings. The second kappa shape index (κ2) is 9.67. The van der Waals surface area contributed by atoms with Gasteiger partial charge >= 0.3 is 0 Å². The van der Waals surface area contributed by atoms with Crippen LogP contribution in [0.5, 0.6) is 5.88 Å². The van der Waals surface area contributed by atoms with Crippen LogP contribution in [0.1, 0.15) is 35.2 Å². The van der Waals surface area contributed by atoms with E-state index < -0.39 is 0 Å². The first kappa shape index (κ1) is 22.7. The highest BCUT2D eigenvalue weighted by Crippen LogP contribution is 2.30. The highest BCUT2D eigenvalue weighted by molar-refractivity contribution is 6.14. The summed E-state index contributed by atoms with van der Waals surface area (Å²) in [4.78, 5) is 15.7.